The van der Waals surface area contributed by atoms with E-state index >= 15 is 0 Å². The molecule has 4 aromatic rings. The van der Waals surface area contributed by atoms with Gasteiger partial charge in [-0.2, -0.15) is 21.9 Å². The topological polar surface area (TPSA) is 26.3 Å². The lowest BCUT2D eigenvalue weighted by atomic mass is 9.13. The minimum atomic E-state index is -1.22. The van der Waals surface area contributed by atoms with Gasteiger partial charge in [0.05, 0.1) is 21.1 Å². The molecule has 0 radical (unpaired) electrons. The largest absolute Gasteiger partial charge is 0.457 e. The van der Waals surface area contributed by atoms with Gasteiger partial charge in [-0.25, -0.2) is 4.79 Å². The number of nitrogens with zero attached hydrogens (tertiary/aromatic N) is 1. The number of carbonyl (C=O) groups excluding carboxylic acids is 1. The Morgan fingerprint density at radius 2 is 0.972 bits per heavy atom. The van der Waals surface area contributed by atoms with E-state index in [1.54, 1.807) is 0 Å². The molecule has 0 amide bonds. The molecule has 4 heteroatoms. The molecular formula is C32H36BNO2. The van der Waals surface area contributed by atoms with Gasteiger partial charge in [0.2, 0.25) is 0 Å². The lowest BCUT2D eigenvalue weighted by Crippen LogP contribution is -2.74. The van der Waals surface area contributed by atoms with Crippen molar-refractivity contribution in [2.75, 3.05) is 34.3 Å². The van der Waals surface area contributed by atoms with Gasteiger partial charge in [-0.05, 0) is 0 Å². The molecule has 0 spiro atoms. The van der Waals surface area contributed by atoms with Gasteiger partial charge in [0.25, 0.3) is 0 Å². The van der Waals surface area contributed by atoms with Crippen LogP contribution < -0.4 is 21.9 Å². The molecule has 0 aliphatic rings. The van der Waals surface area contributed by atoms with E-state index < -0.39 is 6.15 Å². The monoisotopic (exact) mass is 477 g/mol. The van der Waals surface area contributed by atoms with Crippen molar-refractivity contribution < 1.29 is 14.0 Å². The number of hydrogen-bond donors (Lipinski definition) is 0. The van der Waals surface area contributed by atoms with Crippen molar-refractivity contribution in [1.29, 1.82) is 0 Å². The first-order valence-corrected chi connectivity index (χ1v) is 12.3. The molecule has 0 aliphatic heterocycles. The normalized spacial score (nSPS) is 11.1. The molecule has 0 bridgehead atoms. The second-order valence-corrected chi connectivity index (χ2v) is 9.89. The molecule has 0 heterocycles. The summed E-state index contributed by atoms with van der Waals surface area (Å²) in [5, 5.41) is 0. The molecule has 0 aromatic heterocycles. The first kappa shape index (κ1) is 26.7. The van der Waals surface area contributed by atoms with Crippen LogP contribution in [0, 0.1) is 0 Å². The van der Waals surface area contributed by atoms with Crippen molar-refractivity contribution >= 4 is 34.0 Å². The minimum absolute atomic E-state index is 0.349. The predicted molar refractivity (Wildman–Crippen MR) is 154 cm³/mol. The van der Waals surface area contributed by atoms with Crippen LogP contribution in [0.5, 0.6) is 0 Å². The molecule has 36 heavy (non-hydrogen) atoms. The number of benzene rings is 4. The Morgan fingerprint density at radius 1 is 0.667 bits per heavy atom. The summed E-state index contributed by atoms with van der Waals surface area (Å²) in [6.45, 7) is 4.57. The van der Waals surface area contributed by atoms with Crippen LogP contribution in [-0.4, -0.2) is 50.9 Å². The summed E-state index contributed by atoms with van der Waals surface area (Å²) in [5.74, 6) is -0.349. The van der Waals surface area contributed by atoms with Gasteiger partial charge in [-0.1, -0.05) is 128 Å². The molecule has 0 saturated carbocycles. The van der Waals surface area contributed by atoms with Crippen LogP contribution in [0.3, 0.4) is 0 Å². The van der Waals surface area contributed by atoms with Crippen molar-refractivity contribution in [2.24, 2.45) is 0 Å². The number of quaternary nitrogens is 1. The minimum Gasteiger partial charge on any atom is -0.457 e. The second kappa shape index (κ2) is 12.7. The smallest absolute Gasteiger partial charge is 0.330 e. The van der Waals surface area contributed by atoms with Crippen LogP contribution in [0.4, 0.5) is 0 Å². The zero-order valence-corrected chi connectivity index (χ0v) is 21.6. The molecule has 3 nitrogen and oxygen atoms in total. The van der Waals surface area contributed by atoms with Crippen molar-refractivity contribution in [1.82, 2.24) is 0 Å². The van der Waals surface area contributed by atoms with Gasteiger partial charge in [0.1, 0.15) is 19.3 Å². The van der Waals surface area contributed by atoms with E-state index in [0.717, 1.165) is 11.0 Å². The van der Waals surface area contributed by atoms with Crippen LogP contribution in [-0.2, 0) is 9.53 Å². The summed E-state index contributed by atoms with van der Waals surface area (Å²) in [6.07, 6.45) is -0.0393. The number of carbonyl (C=O) groups is 1. The number of hydrogen-bond acceptors (Lipinski definition) is 2. The van der Waals surface area contributed by atoms with E-state index in [2.05, 4.69) is 128 Å². The SMILES string of the molecule is C=CC(=O)OCC[N+](C)(C)C.c1ccc([B-](c2ccccc2)(c2ccccc2)c2ccccc2)cc1. The van der Waals surface area contributed by atoms with Gasteiger partial charge in [-0.15, -0.1) is 0 Å². The Labute approximate surface area is 216 Å². The molecule has 0 fully saturated rings. The third-order valence-corrected chi connectivity index (χ3v) is 6.37. The first-order valence-electron chi connectivity index (χ1n) is 12.3. The first-order chi connectivity index (χ1) is 17.4. The number of likely N-dealkylation sites (N-methyl/N-ethyl adjacent to an activating group) is 1. The highest BCUT2D eigenvalue weighted by Crippen LogP contribution is 2.09. The highest BCUT2D eigenvalue weighted by atomic mass is 16.5. The number of esters is 1. The van der Waals surface area contributed by atoms with Crippen molar-refractivity contribution in [3.05, 3.63) is 134 Å². The molecule has 0 N–H and O–H groups in total. The summed E-state index contributed by atoms with van der Waals surface area (Å²) in [5.41, 5.74) is 5.36. The fourth-order valence-corrected chi connectivity index (χ4v) is 4.60. The zero-order chi connectivity index (χ0) is 25.9. The zero-order valence-electron chi connectivity index (χ0n) is 21.6. The van der Waals surface area contributed by atoms with Gasteiger partial charge in [0, 0.05) is 6.08 Å². The summed E-state index contributed by atoms with van der Waals surface area (Å²) in [4.78, 5) is 10.6. The van der Waals surface area contributed by atoms with E-state index in [9.17, 15) is 4.79 Å². The van der Waals surface area contributed by atoms with Crippen LogP contribution >= 0.6 is 0 Å². The third-order valence-electron chi connectivity index (χ3n) is 6.37. The average Bonchev–Trinajstić information content (AvgIpc) is 2.91. The lowest BCUT2D eigenvalue weighted by molar-refractivity contribution is -0.870. The van der Waals surface area contributed by atoms with Crippen molar-refractivity contribution in [3.63, 3.8) is 0 Å². The molecule has 4 rings (SSSR count). The molecule has 0 unspecified atom stereocenters. The fraction of sp³-hybridized carbons (Fsp3) is 0.156. The van der Waals surface area contributed by atoms with Gasteiger partial charge in [0.15, 0.2) is 0 Å². The molecule has 0 atom stereocenters. The van der Waals surface area contributed by atoms with E-state index in [1.165, 1.54) is 27.9 Å². The standard InChI is InChI=1S/C24H20B.C8H16NO2/c1-5-13-21(14-6-1)25(22-15-7-2-8-16-22,23-17-9-3-10-18-23)24-19-11-4-12-20-24;1-5-8(10)11-7-6-9(2,3)4/h1-20H;5H,1,6-7H2,2-4H3/q-1;+1. The van der Waals surface area contributed by atoms with E-state index in [-0.39, 0.29) is 5.97 Å². The third kappa shape index (κ3) is 6.83. The molecule has 4 aromatic carbocycles. The van der Waals surface area contributed by atoms with Gasteiger partial charge < -0.3 is 9.22 Å². The summed E-state index contributed by atoms with van der Waals surface area (Å²) >= 11 is 0. The van der Waals surface area contributed by atoms with Crippen molar-refractivity contribution in [3.8, 4) is 0 Å². The fourth-order valence-electron chi connectivity index (χ4n) is 4.60. The Bertz CT molecular complexity index is 1040. The lowest BCUT2D eigenvalue weighted by Gasteiger charge is -2.44. The predicted octanol–water partition coefficient (Wildman–Crippen LogP) is 3.49. The average molecular weight is 477 g/mol. The highest BCUT2D eigenvalue weighted by molar-refractivity contribution is 7.19. The Kier molecular flexibility index (Phi) is 9.43. The molecule has 0 aliphatic carbocycles. The Morgan fingerprint density at radius 3 is 1.22 bits per heavy atom. The van der Waals surface area contributed by atoms with Crippen LogP contribution in [0.2, 0.25) is 0 Å². The van der Waals surface area contributed by atoms with Gasteiger partial charge >= 0.3 is 5.97 Å². The Balaban J connectivity index is 0.000000280. The van der Waals surface area contributed by atoms with E-state index in [4.69, 9.17) is 4.74 Å². The van der Waals surface area contributed by atoms with Crippen LogP contribution in [0.25, 0.3) is 0 Å². The Hall–Kier alpha value is -3.89. The summed E-state index contributed by atoms with van der Waals surface area (Å²) in [7, 11) is 6.13. The maximum atomic E-state index is 10.6. The van der Waals surface area contributed by atoms with Crippen LogP contribution in [0.1, 0.15) is 0 Å². The van der Waals surface area contributed by atoms with Gasteiger partial charge in [-0.3, -0.25) is 0 Å². The molecule has 184 valence electrons. The van der Waals surface area contributed by atoms with E-state index in [1.807, 2.05) is 21.1 Å². The molecule has 0 saturated heterocycles. The maximum absolute atomic E-state index is 10.6. The highest BCUT2D eigenvalue weighted by Gasteiger charge is 2.31. The molecular weight excluding hydrogens is 441 g/mol. The number of rotatable bonds is 8. The maximum Gasteiger partial charge on any atom is 0.330 e. The van der Waals surface area contributed by atoms with E-state index in [0.29, 0.717) is 6.61 Å². The number of ether oxygens (including phenoxy) is 1. The summed E-state index contributed by atoms with van der Waals surface area (Å²) < 4.78 is 5.59. The van der Waals surface area contributed by atoms with Crippen LogP contribution in [0.15, 0.2) is 134 Å². The quantitative estimate of drug-likeness (QED) is 0.168. The summed E-state index contributed by atoms with van der Waals surface area (Å²) in [6, 6.07) is 43.5. The second-order valence-electron chi connectivity index (χ2n) is 9.89. The van der Waals surface area contributed by atoms with Crippen molar-refractivity contribution in [2.45, 2.75) is 0 Å².